The first kappa shape index (κ1) is 24.3. The highest BCUT2D eigenvalue weighted by Crippen LogP contribution is 2.44. The number of urea groups is 1. The van der Waals surface area contributed by atoms with Crippen molar-refractivity contribution < 1.29 is 23.9 Å². The molecule has 0 bridgehead atoms. The van der Waals surface area contributed by atoms with Crippen LogP contribution >= 0.6 is 0 Å². The Labute approximate surface area is 205 Å². The van der Waals surface area contributed by atoms with Crippen molar-refractivity contribution in [1.82, 2.24) is 5.32 Å². The van der Waals surface area contributed by atoms with E-state index in [1.165, 1.54) is 14.2 Å². The normalized spacial score (nSPS) is 20.6. The number of benzene rings is 2. The van der Waals surface area contributed by atoms with Crippen LogP contribution in [0, 0.1) is 6.92 Å². The van der Waals surface area contributed by atoms with Crippen LogP contribution in [-0.2, 0) is 9.59 Å². The molecule has 8 nitrogen and oxygen atoms in total. The average molecular weight is 478 g/mol. The van der Waals surface area contributed by atoms with Crippen LogP contribution in [0.1, 0.15) is 49.8 Å². The zero-order chi connectivity index (χ0) is 25.7. The fourth-order valence-electron chi connectivity index (χ4n) is 4.89. The number of barbiturate groups is 1. The van der Waals surface area contributed by atoms with Gasteiger partial charge < -0.3 is 14.4 Å². The van der Waals surface area contributed by atoms with Gasteiger partial charge in [-0.3, -0.25) is 14.9 Å². The van der Waals surface area contributed by atoms with Crippen LogP contribution in [0.2, 0.25) is 0 Å². The third-order valence-corrected chi connectivity index (χ3v) is 7.05. The first-order valence-electron chi connectivity index (χ1n) is 11.5. The molecule has 4 rings (SSSR count). The first-order chi connectivity index (χ1) is 16.5. The average Bonchev–Trinajstić information content (AvgIpc) is 2.80. The molecule has 2 heterocycles. The summed E-state index contributed by atoms with van der Waals surface area (Å²) < 4.78 is 10.6. The van der Waals surface area contributed by atoms with Crippen LogP contribution in [0.4, 0.5) is 16.2 Å². The molecule has 2 aliphatic rings. The van der Waals surface area contributed by atoms with Crippen molar-refractivity contribution in [3.8, 4) is 11.5 Å². The molecule has 4 amide bonds. The molecule has 0 aromatic heterocycles. The SMILES string of the molecule is COc1ccc(N2C(=O)NC(=O)/C(=C\c3cc4c(cc3C)N(C)C(C)(C)CC4C)C2=O)c(OC)c1. The van der Waals surface area contributed by atoms with Crippen molar-refractivity contribution in [3.63, 3.8) is 0 Å². The highest BCUT2D eigenvalue weighted by Gasteiger charge is 2.39. The molecule has 2 aromatic carbocycles. The Morgan fingerprint density at radius 3 is 2.43 bits per heavy atom. The number of nitrogens with zero attached hydrogens (tertiary/aromatic N) is 2. The molecule has 0 saturated carbocycles. The largest absolute Gasteiger partial charge is 0.497 e. The first-order valence-corrected chi connectivity index (χ1v) is 11.5. The molecule has 1 unspecified atom stereocenters. The molecule has 2 aliphatic heterocycles. The quantitative estimate of drug-likeness (QED) is 0.519. The van der Waals surface area contributed by atoms with Crippen LogP contribution < -0.4 is 24.6 Å². The number of methoxy groups -OCH3 is 2. The molecular weight excluding hydrogens is 446 g/mol. The van der Waals surface area contributed by atoms with Gasteiger partial charge in [0.15, 0.2) is 0 Å². The lowest BCUT2D eigenvalue weighted by molar-refractivity contribution is -0.122. The molecular formula is C27H31N3O5. The minimum Gasteiger partial charge on any atom is -0.497 e. The van der Waals surface area contributed by atoms with E-state index in [0.717, 1.165) is 33.7 Å². The van der Waals surface area contributed by atoms with Gasteiger partial charge in [-0.2, -0.15) is 0 Å². The number of aryl methyl sites for hydroxylation is 1. The van der Waals surface area contributed by atoms with Crippen LogP contribution in [-0.4, -0.2) is 44.7 Å². The lowest BCUT2D eigenvalue weighted by Crippen LogP contribution is -2.54. The summed E-state index contributed by atoms with van der Waals surface area (Å²) >= 11 is 0. The topological polar surface area (TPSA) is 88.2 Å². The molecule has 8 heteroatoms. The van der Waals surface area contributed by atoms with E-state index in [0.29, 0.717) is 11.7 Å². The highest BCUT2D eigenvalue weighted by molar-refractivity contribution is 6.39. The summed E-state index contributed by atoms with van der Waals surface area (Å²) in [5, 5.41) is 2.28. The van der Waals surface area contributed by atoms with Gasteiger partial charge in [0, 0.05) is 24.3 Å². The zero-order valence-electron chi connectivity index (χ0n) is 21.2. The van der Waals surface area contributed by atoms with Crippen LogP contribution in [0.5, 0.6) is 11.5 Å². The van der Waals surface area contributed by atoms with E-state index in [2.05, 4.69) is 44.1 Å². The van der Waals surface area contributed by atoms with Crippen molar-refractivity contribution in [1.29, 1.82) is 0 Å². The van der Waals surface area contributed by atoms with Crippen molar-refractivity contribution in [2.75, 3.05) is 31.1 Å². The number of hydrogen-bond acceptors (Lipinski definition) is 6. The second-order valence-corrected chi connectivity index (χ2v) is 9.74. The van der Waals surface area contributed by atoms with Gasteiger partial charge in [-0.15, -0.1) is 0 Å². The van der Waals surface area contributed by atoms with E-state index in [-0.39, 0.29) is 22.5 Å². The van der Waals surface area contributed by atoms with Crippen molar-refractivity contribution in [3.05, 3.63) is 52.6 Å². The Hall–Kier alpha value is -3.81. The minimum absolute atomic E-state index is 0.0241. The zero-order valence-corrected chi connectivity index (χ0v) is 21.2. The Bertz CT molecular complexity index is 1260. The van der Waals surface area contributed by atoms with E-state index in [4.69, 9.17) is 9.47 Å². The maximum absolute atomic E-state index is 13.5. The summed E-state index contributed by atoms with van der Waals surface area (Å²) in [6, 6.07) is 8.04. The van der Waals surface area contributed by atoms with E-state index in [1.54, 1.807) is 24.3 Å². The van der Waals surface area contributed by atoms with E-state index >= 15 is 0 Å². The van der Waals surface area contributed by atoms with E-state index in [1.807, 2.05) is 13.0 Å². The van der Waals surface area contributed by atoms with Gasteiger partial charge >= 0.3 is 6.03 Å². The number of hydrogen-bond donors (Lipinski definition) is 1. The Morgan fingerprint density at radius 2 is 1.77 bits per heavy atom. The summed E-state index contributed by atoms with van der Waals surface area (Å²) in [6.07, 6.45) is 2.55. The molecule has 1 saturated heterocycles. The molecule has 0 radical (unpaired) electrons. The van der Waals surface area contributed by atoms with Gasteiger partial charge in [-0.1, -0.05) is 6.92 Å². The number of carbonyl (C=O) groups excluding carboxylic acids is 3. The number of carbonyl (C=O) groups is 3. The van der Waals surface area contributed by atoms with Gasteiger partial charge in [-0.25, -0.2) is 9.69 Å². The molecule has 0 spiro atoms. The highest BCUT2D eigenvalue weighted by atomic mass is 16.5. The van der Waals surface area contributed by atoms with Crippen molar-refractivity contribution >= 4 is 35.3 Å². The standard InChI is InChI=1S/C27H31N3O5/c1-15-10-22-19(16(2)14-27(3,4)29(22)5)11-17(15)12-20-24(31)28-26(33)30(25(20)32)21-9-8-18(34-6)13-23(21)35-7/h8-13,16H,14H2,1-7H3,(H,28,31,33)/b20-12+. The molecule has 0 aliphatic carbocycles. The Morgan fingerprint density at radius 1 is 1.06 bits per heavy atom. The van der Waals surface area contributed by atoms with Crippen LogP contribution in [0.15, 0.2) is 35.9 Å². The summed E-state index contributed by atoms with van der Waals surface area (Å²) in [7, 11) is 5.03. The number of nitrogens with one attached hydrogen (secondary N) is 1. The van der Waals surface area contributed by atoms with Crippen LogP contribution in [0.25, 0.3) is 6.08 Å². The second kappa shape index (κ2) is 8.76. The third-order valence-electron chi connectivity index (χ3n) is 7.05. The van der Waals surface area contributed by atoms with E-state index < -0.39 is 17.8 Å². The minimum atomic E-state index is -0.833. The summed E-state index contributed by atoms with van der Waals surface area (Å²) in [4.78, 5) is 42.1. The number of anilines is 2. The number of imide groups is 2. The second-order valence-electron chi connectivity index (χ2n) is 9.74. The fourth-order valence-corrected chi connectivity index (χ4v) is 4.89. The van der Waals surface area contributed by atoms with Gasteiger partial charge in [-0.05, 0) is 80.1 Å². The predicted molar refractivity (Wildman–Crippen MR) is 135 cm³/mol. The van der Waals surface area contributed by atoms with Gasteiger partial charge in [0.2, 0.25) is 0 Å². The summed E-state index contributed by atoms with van der Waals surface area (Å²) in [6.45, 7) is 8.59. The van der Waals surface area contributed by atoms with Crippen molar-refractivity contribution in [2.24, 2.45) is 0 Å². The molecule has 1 fully saturated rings. The van der Waals surface area contributed by atoms with E-state index in [9.17, 15) is 14.4 Å². The summed E-state index contributed by atoms with van der Waals surface area (Å²) in [5.41, 5.74) is 4.12. The molecule has 1 atom stereocenters. The predicted octanol–water partition coefficient (Wildman–Crippen LogP) is 4.40. The number of ether oxygens (including phenoxy) is 2. The molecule has 1 N–H and O–H groups in total. The number of fused-ring (bicyclic) bond motifs is 1. The molecule has 35 heavy (non-hydrogen) atoms. The van der Waals surface area contributed by atoms with Gasteiger partial charge in [0.1, 0.15) is 17.1 Å². The molecule has 2 aromatic rings. The maximum atomic E-state index is 13.5. The van der Waals surface area contributed by atoms with Crippen molar-refractivity contribution in [2.45, 2.75) is 45.6 Å². The maximum Gasteiger partial charge on any atom is 0.336 e. The Kier molecular flexibility index (Phi) is 6.09. The Balaban J connectivity index is 1.78. The smallest absolute Gasteiger partial charge is 0.336 e. The van der Waals surface area contributed by atoms with Crippen LogP contribution in [0.3, 0.4) is 0 Å². The summed E-state index contributed by atoms with van der Waals surface area (Å²) in [5.74, 6) is -0.357. The lowest BCUT2D eigenvalue weighted by atomic mass is 9.79. The fraction of sp³-hybridized carbons (Fsp3) is 0.370. The monoisotopic (exact) mass is 477 g/mol. The lowest BCUT2D eigenvalue weighted by Gasteiger charge is -2.45. The van der Waals surface area contributed by atoms with Gasteiger partial charge in [0.05, 0.1) is 19.9 Å². The van der Waals surface area contributed by atoms with Gasteiger partial charge in [0.25, 0.3) is 11.8 Å². The number of amides is 4. The molecule has 184 valence electrons. The number of rotatable bonds is 4. The third kappa shape index (κ3) is 4.13.